The zero-order valence-corrected chi connectivity index (χ0v) is 15.8. The summed E-state index contributed by atoms with van der Waals surface area (Å²) in [6.45, 7) is 1.54. The van der Waals surface area contributed by atoms with Crippen LogP contribution in [0.25, 0.3) is 10.9 Å². The van der Waals surface area contributed by atoms with E-state index in [1.54, 1.807) is 24.3 Å². The molecule has 1 amide bonds. The Hall–Kier alpha value is -2.81. The van der Waals surface area contributed by atoms with Crippen molar-refractivity contribution < 1.29 is 18.0 Å². The van der Waals surface area contributed by atoms with Gasteiger partial charge in [0.25, 0.3) is 5.56 Å². The fraction of sp³-hybridized carbons (Fsp3) is 0.211. The first-order chi connectivity index (χ1) is 13.2. The van der Waals surface area contributed by atoms with Gasteiger partial charge < -0.3 is 5.32 Å². The molecule has 0 aliphatic heterocycles. The zero-order chi connectivity index (χ0) is 20.5. The third kappa shape index (κ3) is 4.04. The number of anilines is 1. The Labute approximate surface area is 162 Å². The summed E-state index contributed by atoms with van der Waals surface area (Å²) in [5.41, 5.74) is -1.00. The van der Waals surface area contributed by atoms with Crippen molar-refractivity contribution in [2.24, 2.45) is 7.05 Å². The third-order valence-electron chi connectivity index (χ3n) is 4.08. The molecule has 3 rings (SSSR count). The van der Waals surface area contributed by atoms with Crippen LogP contribution in [0.15, 0.2) is 58.5 Å². The van der Waals surface area contributed by atoms with Crippen LogP contribution in [-0.2, 0) is 18.0 Å². The topological polar surface area (TPSA) is 64.0 Å². The van der Waals surface area contributed by atoms with E-state index >= 15 is 0 Å². The van der Waals surface area contributed by atoms with Crippen LogP contribution in [0.1, 0.15) is 12.5 Å². The first-order valence-corrected chi connectivity index (χ1v) is 9.16. The van der Waals surface area contributed by atoms with Crippen molar-refractivity contribution in [3.05, 3.63) is 64.4 Å². The summed E-state index contributed by atoms with van der Waals surface area (Å²) < 4.78 is 40.6. The van der Waals surface area contributed by atoms with E-state index in [2.05, 4.69) is 10.3 Å². The van der Waals surface area contributed by atoms with Crippen LogP contribution >= 0.6 is 11.8 Å². The molecular formula is C19H16F3N3O2S. The monoisotopic (exact) mass is 407 g/mol. The molecule has 0 saturated heterocycles. The normalized spacial score (nSPS) is 12.8. The largest absolute Gasteiger partial charge is 0.418 e. The Morgan fingerprint density at radius 1 is 1.14 bits per heavy atom. The third-order valence-corrected chi connectivity index (χ3v) is 5.23. The molecule has 0 bridgehead atoms. The maximum absolute atomic E-state index is 13.1. The van der Waals surface area contributed by atoms with Gasteiger partial charge in [-0.1, -0.05) is 36.0 Å². The number of nitrogens with one attached hydrogen (secondary N) is 1. The Morgan fingerprint density at radius 2 is 1.79 bits per heavy atom. The van der Waals surface area contributed by atoms with E-state index in [9.17, 15) is 22.8 Å². The number of carbonyl (C=O) groups excluding carboxylic acids is 1. The maximum Gasteiger partial charge on any atom is 0.418 e. The average molecular weight is 407 g/mol. The summed E-state index contributed by atoms with van der Waals surface area (Å²) in [5, 5.41) is 2.29. The summed E-state index contributed by atoms with van der Waals surface area (Å²) in [5.74, 6) is -0.621. The quantitative estimate of drug-likeness (QED) is 0.523. The lowest BCUT2D eigenvalue weighted by atomic mass is 10.1. The van der Waals surface area contributed by atoms with Crippen LogP contribution in [0.4, 0.5) is 18.9 Å². The molecule has 0 saturated carbocycles. The number of alkyl halides is 3. The number of hydrogen-bond acceptors (Lipinski definition) is 4. The van der Waals surface area contributed by atoms with Crippen LogP contribution < -0.4 is 10.9 Å². The predicted molar refractivity (Wildman–Crippen MR) is 102 cm³/mol. The molecule has 1 aromatic heterocycles. The van der Waals surface area contributed by atoms with Gasteiger partial charge in [-0.25, -0.2) is 4.98 Å². The molecule has 5 nitrogen and oxygen atoms in total. The molecule has 3 aromatic rings. The van der Waals surface area contributed by atoms with Crippen molar-refractivity contribution >= 4 is 34.3 Å². The predicted octanol–water partition coefficient (Wildman–Crippen LogP) is 4.07. The number of amides is 1. The van der Waals surface area contributed by atoms with E-state index in [0.29, 0.717) is 16.1 Å². The summed E-state index contributed by atoms with van der Waals surface area (Å²) in [6, 6.07) is 11.6. The number of thioether (sulfide) groups is 1. The summed E-state index contributed by atoms with van der Waals surface area (Å²) in [7, 11) is 1.54. The van der Waals surface area contributed by atoms with Crippen LogP contribution in [0.3, 0.4) is 0 Å². The van der Waals surface area contributed by atoms with Gasteiger partial charge in [0.1, 0.15) is 0 Å². The van der Waals surface area contributed by atoms with Gasteiger partial charge in [0.2, 0.25) is 5.91 Å². The Kier molecular flexibility index (Phi) is 5.46. The van der Waals surface area contributed by atoms with Crippen molar-refractivity contribution in [3.8, 4) is 0 Å². The van der Waals surface area contributed by atoms with E-state index in [1.807, 2.05) is 0 Å². The molecule has 0 fully saturated rings. The van der Waals surface area contributed by atoms with Crippen molar-refractivity contribution in [2.45, 2.75) is 23.5 Å². The van der Waals surface area contributed by atoms with Gasteiger partial charge in [0.05, 0.1) is 27.4 Å². The van der Waals surface area contributed by atoms with Crippen molar-refractivity contribution in [2.75, 3.05) is 5.32 Å². The lowest BCUT2D eigenvalue weighted by molar-refractivity contribution is -0.137. The van der Waals surface area contributed by atoms with Crippen LogP contribution in [0.2, 0.25) is 0 Å². The number of halogens is 3. The molecule has 0 aliphatic carbocycles. The van der Waals surface area contributed by atoms with Crippen molar-refractivity contribution in [3.63, 3.8) is 0 Å². The minimum absolute atomic E-state index is 0.261. The second kappa shape index (κ2) is 7.67. The van der Waals surface area contributed by atoms with Gasteiger partial charge in [-0.15, -0.1) is 0 Å². The fourth-order valence-corrected chi connectivity index (χ4v) is 3.46. The fourth-order valence-electron chi connectivity index (χ4n) is 2.59. The van der Waals surface area contributed by atoms with E-state index in [4.69, 9.17) is 0 Å². The first kappa shape index (κ1) is 19.9. The van der Waals surface area contributed by atoms with E-state index in [0.717, 1.165) is 17.8 Å². The van der Waals surface area contributed by atoms with Gasteiger partial charge in [0, 0.05) is 7.05 Å². The minimum Gasteiger partial charge on any atom is -0.325 e. The molecule has 9 heteroatoms. The van der Waals surface area contributed by atoms with Crippen LogP contribution in [0.5, 0.6) is 0 Å². The number of benzene rings is 2. The number of fused-ring (bicyclic) bond motifs is 1. The molecule has 146 valence electrons. The molecule has 2 aromatic carbocycles. The average Bonchev–Trinajstić information content (AvgIpc) is 2.65. The second-order valence-corrected chi connectivity index (χ2v) is 7.38. The minimum atomic E-state index is -4.58. The molecular weight excluding hydrogens is 391 g/mol. The van der Waals surface area contributed by atoms with Gasteiger partial charge in [-0.05, 0) is 31.2 Å². The van der Waals surface area contributed by atoms with Crippen LogP contribution in [0, 0.1) is 0 Å². The Bertz CT molecular complexity index is 1100. The number of carbonyl (C=O) groups is 1. The lowest BCUT2D eigenvalue weighted by Crippen LogP contribution is -2.26. The van der Waals surface area contributed by atoms with Crippen LogP contribution in [-0.4, -0.2) is 20.7 Å². The van der Waals surface area contributed by atoms with E-state index in [1.165, 1.54) is 36.7 Å². The summed E-state index contributed by atoms with van der Waals surface area (Å²) >= 11 is 0.998. The Morgan fingerprint density at radius 3 is 2.50 bits per heavy atom. The van der Waals surface area contributed by atoms with Gasteiger partial charge in [-0.2, -0.15) is 13.2 Å². The van der Waals surface area contributed by atoms with Crippen molar-refractivity contribution in [1.29, 1.82) is 0 Å². The number of para-hydroxylation sites is 2. The summed E-state index contributed by atoms with van der Waals surface area (Å²) in [6.07, 6.45) is -4.58. The standard InChI is InChI=1S/C19H16F3N3O2S/c1-11(16(26)23-15-10-6-4-8-13(15)19(20,21)22)28-18-24-14-9-5-3-7-12(14)17(27)25(18)2/h3-11H,1-2H3,(H,23,26). The SMILES string of the molecule is CC(Sc1nc2ccccc2c(=O)n1C)C(=O)Nc1ccccc1C(F)(F)F. The molecule has 1 atom stereocenters. The molecule has 1 N–H and O–H groups in total. The number of aromatic nitrogens is 2. The molecule has 1 heterocycles. The van der Waals surface area contributed by atoms with E-state index < -0.39 is 22.9 Å². The smallest absolute Gasteiger partial charge is 0.325 e. The lowest BCUT2D eigenvalue weighted by Gasteiger charge is -2.17. The first-order valence-electron chi connectivity index (χ1n) is 8.28. The maximum atomic E-state index is 13.1. The van der Waals surface area contributed by atoms with Gasteiger partial charge >= 0.3 is 6.18 Å². The Balaban J connectivity index is 1.84. The van der Waals surface area contributed by atoms with Gasteiger partial charge in [-0.3, -0.25) is 14.2 Å². The number of nitrogens with zero attached hydrogens (tertiary/aromatic N) is 2. The molecule has 0 radical (unpaired) electrons. The second-order valence-electron chi connectivity index (χ2n) is 6.07. The highest BCUT2D eigenvalue weighted by atomic mass is 32.2. The highest BCUT2D eigenvalue weighted by Gasteiger charge is 2.34. The highest BCUT2D eigenvalue weighted by Crippen LogP contribution is 2.35. The molecule has 28 heavy (non-hydrogen) atoms. The zero-order valence-electron chi connectivity index (χ0n) is 14.9. The molecule has 0 aliphatic rings. The molecule has 0 spiro atoms. The number of hydrogen-bond donors (Lipinski definition) is 1. The van der Waals surface area contributed by atoms with E-state index in [-0.39, 0.29) is 11.2 Å². The highest BCUT2D eigenvalue weighted by molar-refractivity contribution is 8.00. The van der Waals surface area contributed by atoms with Crippen molar-refractivity contribution in [1.82, 2.24) is 9.55 Å². The molecule has 1 unspecified atom stereocenters. The summed E-state index contributed by atoms with van der Waals surface area (Å²) in [4.78, 5) is 29.3. The number of rotatable bonds is 4. The van der Waals surface area contributed by atoms with Gasteiger partial charge in [0.15, 0.2) is 5.16 Å².